The normalized spacial score (nSPS) is 15.7. The van der Waals surface area contributed by atoms with Crippen molar-refractivity contribution < 1.29 is 4.74 Å². The zero-order chi connectivity index (χ0) is 11.5. The fourth-order valence-corrected chi connectivity index (χ4v) is 2.07. The molecule has 0 atom stereocenters. The van der Waals surface area contributed by atoms with Gasteiger partial charge in [-0.3, -0.25) is 0 Å². The molecule has 0 aliphatic carbocycles. The van der Waals surface area contributed by atoms with Crippen LogP contribution < -0.4 is 15.0 Å². The van der Waals surface area contributed by atoms with Gasteiger partial charge in [0, 0.05) is 38.3 Å². The van der Waals surface area contributed by atoms with Crippen molar-refractivity contribution in [3.63, 3.8) is 0 Å². The van der Waals surface area contributed by atoms with Crippen molar-refractivity contribution >= 4 is 5.69 Å². The molecule has 3 heteroatoms. The molecule has 88 valence electrons. The van der Waals surface area contributed by atoms with E-state index in [0.717, 1.165) is 31.3 Å². The van der Waals surface area contributed by atoms with Crippen LogP contribution >= 0.6 is 0 Å². The van der Waals surface area contributed by atoms with E-state index in [9.17, 15) is 0 Å². The molecule has 0 saturated carbocycles. The van der Waals surface area contributed by atoms with Crippen LogP contribution in [0.3, 0.4) is 0 Å². The average molecular weight is 220 g/mol. The highest BCUT2D eigenvalue weighted by Gasteiger charge is 2.18. The van der Waals surface area contributed by atoms with Crippen molar-refractivity contribution in [3.05, 3.63) is 23.8 Å². The van der Waals surface area contributed by atoms with E-state index in [2.05, 4.69) is 36.3 Å². The molecule has 16 heavy (non-hydrogen) atoms. The van der Waals surface area contributed by atoms with Gasteiger partial charge in [-0.15, -0.1) is 0 Å². The van der Waals surface area contributed by atoms with Gasteiger partial charge in [-0.05, 0) is 30.7 Å². The van der Waals surface area contributed by atoms with E-state index in [0.29, 0.717) is 0 Å². The molecule has 2 rings (SSSR count). The zero-order valence-electron chi connectivity index (χ0n) is 10.3. The molecule has 1 aliphatic heterocycles. The molecule has 1 aliphatic rings. The van der Waals surface area contributed by atoms with E-state index in [1.54, 1.807) is 7.11 Å². The summed E-state index contributed by atoms with van der Waals surface area (Å²) in [5, 5.41) is 3.30. The monoisotopic (exact) mass is 220 g/mol. The molecule has 1 saturated heterocycles. The minimum atomic E-state index is 0.799. The number of methoxy groups -OCH3 is 1. The minimum Gasteiger partial charge on any atom is -0.496 e. The van der Waals surface area contributed by atoms with Gasteiger partial charge in [-0.1, -0.05) is 0 Å². The van der Waals surface area contributed by atoms with Gasteiger partial charge in [0.05, 0.1) is 7.11 Å². The maximum atomic E-state index is 5.26. The Morgan fingerprint density at radius 1 is 1.44 bits per heavy atom. The smallest absolute Gasteiger partial charge is 0.121 e. The Morgan fingerprint density at radius 3 is 2.69 bits per heavy atom. The fourth-order valence-electron chi connectivity index (χ4n) is 2.07. The van der Waals surface area contributed by atoms with E-state index in [-0.39, 0.29) is 0 Å². The Labute approximate surface area is 97.4 Å². The summed E-state index contributed by atoms with van der Waals surface area (Å²) >= 11 is 0. The van der Waals surface area contributed by atoms with Gasteiger partial charge in [0.1, 0.15) is 5.75 Å². The van der Waals surface area contributed by atoms with Crippen LogP contribution in [0.4, 0.5) is 5.69 Å². The van der Waals surface area contributed by atoms with Gasteiger partial charge in [0.25, 0.3) is 0 Å². The minimum absolute atomic E-state index is 0.799. The lowest BCUT2D eigenvalue weighted by Crippen LogP contribution is -2.47. The van der Waals surface area contributed by atoms with Crippen molar-refractivity contribution in [3.8, 4) is 5.75 Å². The molecule has 0 spiro atoms. The standard InChI is InChI=1S/C13H20N2O/c1-10-6-12(4-5-13(10)16-3)15(2)9-11-7-14-8-11/h4-6,11,14H,7-9H2,1-3H3. The SMILES string of the molecule is COc1ccc(N(C)CC2CNC2)cc1C. The van der Waals surface area contributed by atoms with Gasteiger partial charge in [0.15, 0.2) is 0 Å². The van der Waals surface area contributed by atoms with Crippen molar-refractivity contribution in [1.29, 1.82) is 0 Å². The Morgan fingerprint density at radius 2 is 2.19 bits per heavy atom. The molecule has 1 aromatic carbocycles. The second kappa shape index (κ2) is 4.74. The van der Waals surface area contributed by atoms with Gasteiger partial charge in [0.2, 0.25) is 0 Å². The molecule has 0 radical (unpaired) electrons. The van der Waals surface area contributed by atoms with E-state index < -0.39 is 0 Å². The lowest BCUT2D eigenvalue weighted by atomic mass is 10.0. The van der Waals surface area contributed by atoms with Crippen molar-refractivity contribution in [1.82, 2.24) is 5.32 Å². The van der Waals surface area contributed by atoms with Crippen molar-refractivity contribution in [2.45, 2.75) is 6.92 Å². The molecule has 0 aromatic heterocycles. The Hall–Kier alpha value is -1.22. The maximum Gasteiger partial charge on any atom is 0.121 e. The molecule has 0 unspecified atom stereocenters. The summed E-state index contributed by atoms with van der Waals surface area (Å²) < 4.78 is 5.26. The molecular weight excluding hydrogens is 200 g/mol. The number of hydrogen-bond donors (Lipinski definition) is 1. The number of benzene rings is 1. The summed E-state index contributed by atoms with van der Waals surface area (Å²) in [7, 11) is 3.87. The lowest BCUT2D eigenvalue weighted by molar-refractivity contribution is 0.353. The molecule has 1 fully saturated rings. The molecule has 1 aromatic rings. The van der Waals surface area contributed by atoms with Crippen LogP contribution in [0.15, 0.2) is 18.2 Å². The van der Waals surface area contributed by atoms with Gasteiger partial charge in [-0.2, -0.15) is 0 Å². The molecule has 0 amide bonds. The highest BCUT2D eigenvalue weighted by Crippen LogP contribution is 2.24. The third kappa shape index (κ3) is 2.30. The first-order chi connectivity index (χ1) is 7.70. The molecule has 0 bridgehead atoms. The average Bonchev–Trinajstić information content (AvgIpc) is 2.23. The summed E-state index contributed by atoms with van der Waals surface area (Å²) in [6, 6.07) is 6.35. The first kappa shape index (κ1) is 11.3. The lowest BCUT2D eigenvalue weighted by Gasteiger charge is -2.32. The van der Waals surface area contributed by atoms with Crippen LogP contribution in [-0.2, 0) is 0 Å². The summed E-state index contributed by atoms with van der Waals surface area (Å²) in [6.45, 7) is 5.51. The van der Waals surface area contributed by atoms with Crippen LogP contribution in [0.1, 0.15) is 5.56 Å². The van der Waals surface area contributed by atoms with E-state index in [4.69, 9.17) is 4.74 Å². The highest BCUT2D eigenvalue weighted by molar-refractivity contribution is 5.52. The van der Waals surface area contributed by atoms with Crippen LogP contribution in [0, 0.1) is 12.8 Å². The van der Waals surface area contributed by atoms with E-state index >= 15 is 0 Å². The predicted molar refractivity (Wildman–Crippen MR) is 67.4 cm³/mol. The van der Waals surface area contributed by atoms with Crippen LogP contribution in [-0.4, -0.2) is 33.8 Å². The van der Waals surface area contributed by atoms with Crippen LogP contribution in [0.25, 0.3) is 0 Å². The highest BCUT2D eigenvalue weighted by atomic mass is 16.5. The van der Waals surface area contributed by atoms with Gasteiger partial charge >= 0.3 is 0 Å². The fraction of sp³-hybridized carbons (Fsp3) is 0.538. The van der Waals surface area contributed by atoms with Crippen molar-refractivity contribution in [2.24, 2.45) is 5.92 Å². The maximum absolute atomic E-state index is 5.26. The molecule has 1 N–H and O–H groups in total. The second-order valence-corrected chi connectivity index (χ2v) is 4.56. The molecule has 3 nitrogen and oxygen atoms in total. The first-order valence-electron chi connectivity index (χ1n) is 5.77. The number of nitrogens with zero attached hydrogens (tertiary/aromatic N) is 1. The summed E-state index contributed by atoms with van der Waals surface area (Å²) in [6.07, 6.45) is 0. The number of ether oxygens (including phenoxy) is 1. The van der Waals surface area contributed by atoms with Crippen molar-refractivity contribution in [2.75, 3.05) is 38.7 Å². The Balaban J connectivity index is 2.04. The number of rotatable bonds is 4. The number of aryl methyl sites for hydroxylation is 1. The third-order valence-electron chi connectivity index (χ3n) is 3.22. The quantitative estimate of drug-likeness (QED) is 0.835. The Bertz CT molecular complexity index is 361. The number of hydrogen-bond acceptors (Lipinski definition) is 3. The van der Waals surface area contributed by atoms with Gasteiger partial charge < -0.3 is 15.0 Å². The van der Waals surface area contributed by atoms with Crippen LogP contribution in [0.2, 0.25) is 0 Å². The number of nitrogens with one attached hydrogen (secondary N) is 1. The summed E-state index contributed by atoms with van der Waals surface area (Å²) in [5.74, 6) is 1.76. The predicted octanol–water partition coefficient (Wildman–Crippen LogP) is 1.66. The summed E-state index contributed by atoms with van der Waals surface area (Å²) in [4.78, 5) is 2.32. The largest absolute Gasteiger partial charge is 0.496 e. The van der Waals surface area contributed by atoms with Crippen LogP contribution in [0.5, 0.6) is 5.75 Å². The molecule has 1 heterocycles. The third-order valence-corrected chi connectivity index (χ3v) is 3.22. The summed E-state index contributed by atoms with van der Waals surface area (Å²) in [5.41, 5.74) is 2.46. The zero-order valence-corrected chi connectivity index (χ0v) is 10.3. The Kier molecular flexibility index (Phi) is 3.34. The van der Waals surface area contributed by atoms with E-state index in [1.165, 1.54) is 11.3 Å². The first-order valence-corrected chi connectivity index (χ1v) is 5.77. The number of anilines is 1. The van der Waals surface area contributed by atoms with E-state index in [1.807, 2.05) is 6.07 Å². The second-order valence-electron chi connectivity index (χ2n) is 4.56. The molecular formula is C13H20N2O. The van der Waals surface area contributed by atoms with Gasteiger partial charge in [-0.25, -0.2) is 0 Å². The topological polar surface area (TPSA) is 24.5 Å².